The Kier molecular flexibility index (Phi) is 4.49. The predicted octanol–water partition coefficient (Wildman–Crippen LogP) is 3.30. The van der Waals surface area contributed by atoms with E-state index in [4.69, 9.17) is 0 Å². The van der Waals surface area contributed by atoms with Crippen molar-refractivity contribution in [2.24, 2.45) is 0 Å². The molecule has 0 atom stereocenters. The first kappa shape index (κ1) is 12.7. The lowest BCUT2D eigenvalue weighted by Gasteiger charge is -2.05. The number of hydrogen-bond acceptors (Lipinski definition) is 4. The summed E-state index contributed by atoms with van der Waals surface area (Å²) in [6.07, 6.45) is 0.999. The molecule has 0 radical (unpaired) electrons. The molecular formula is C11H13NO3S. The lowest BCUT2D eigenvalue weighted by atomic mass is 10.1. The highest BCUT2D eigenvalue weighted by Crippen LogP contribution is 2.27. The van der Waals surface area contributed by atoms with Crippen LogP contribution in [-0.2, 0) is 0 Å². The van der Waals surface area contributed by atoms with Gasteiger partial charge in [0.05, 0.1) is 4.92 Å². The van der Waals surface area contributed by atoms with E-state index in [9.17, 15) is 14.9 Å². The topological polar surface area (TPSA) is 60.2 Å². The predicted molar refractivity (Wildman–Crippen MR) is 64.1 cm³/mol. The largest absolute Gasteiger partial charge is 0.294 e. The minimum Gasteiger partial charge on any atom is -0.294 e. The van der Waals surface area contributed by atoms with Crippen LogP contribution in [0.5, 0.6) is 0 Å². The molecule has 0 amide bonds. The Bertz CT molecular complexity index is 418. The fraction of sp³-hybridized carbons (Fsp3) is 0.364. The molecule has 16 heavy (non-hydrogen) atoms. The number of carbonyl (C=O) groups excluding carboxylic acids is 1. The average molecular weight is 239 g/mol. The molecule has 1 aromatic rings. The second kappa shape index (κ2) is 5.65. The summed E-state index contributed by atoms with van der Waals surface area (Å²) in [6.45, 7) is 3.47. The number of nitro benzene ring substituents is 1. The van der Waals surface area contributed by atoms with Gasteiger partial charge < -0.3 is 0 Å². The van der Waals surface area contributed by atoms with Crippen molar-refractivity contribution in [3.63, 3.8) is 0 Å². The Balaban J connectivity index is 3.09. The van der Waals surface area contributed by atoms with Crippen molar-refractivity contribution in [2.45, 2.75) is 25.2 Å². The molecule has 0 aliphatic rings. The summed E-state index contributed by atoms with van der Waals surface area (Å²) in [5.41, 5.74) is 0.402. The molecule has 5 heteroatoms. The number of ketones is 1. The lowest BCUT2D eigenvalue weighted by molar-refractivity contribution is -0.384. The zero-order chi connectivity index (χ0) is 12.1. The highest BCUT2D eigenvalue weighted by molar-refractivity contribution is 7.99. The minimum absolute atomic E-state index is 0.0361. The molecule has 0 aromatic heterocycles. The van der Waals surface area contributed by atoms with Crippen molar-refractivity contribution in [1.82, 2.24) is 0 Å². The highest BCUT2D eigenvalue weighted by Gasteiger charge is 2.13. The van der Waals surface area contributed by atoms with Crippen molar-refractivity contribution in [1.29, 1.82) is 0 Å². The third-order valence-electron chi connectivity index (χ3n) is 2.01. The molecular weight excluding hydrogens is 226 g/mol. The smallest absolute Gasteiger partial charge is 0.270 e. The van der Waals surface area contributed by atoms with Crippen molar-refractivity contribution in [3.8, 4) is 0 Å². The maximum absolute atomic E-state index is 11.4. The Labute approximate surface area is 98.2 Å². The Hall–Kier alpha value is -1.36. The van der Waals surface area contributed by atoms with E-state index < -0.39 is 4.92 Å². The first-order chi connectivity index (χ1) is 7.56. The summed E-state index contributed by atoms with van der Waals surface area (Å²) in [7, 11) is 0. The van der Waals surface area contributed by atoms with Gasteiger partial charge in [-0.3, -0.25) is 14.9 Å². The van der Waals surface area contributed by atoms with Crippen molar-refractivity contribution in [3.05, 3.63) is 33.9 Å². The van der Waals surface area contributed by atoms with E-state index in [1.54, 1.807) is 17.8 Å². The van der Waals surface area contributed by atoms with Crippen LogP contribution < -0.4 is 0 Å². The maximum atomic E-state index is 11.4. The van der Waals surface area contributed by atoms with Gasteiger partial charge in [0.25, 0.3) is 5.69 Å². The number of carbonyl (C=O) groups is 1. The van der Waals surface area contributed by atoms with Gasteiger partial charge in [0.2, 0.25) is 0 Å². The number of nitro groups is 1. The average Bonchev–Trinajstić information content (AvgIpc) is 2.25. The number of Topliss-reactive ketones (excluding diaryl/α,β-unsaturated/α-hetero) is 1. The van der Waals surface area contributed by atoms with E-state index in [0.717, 1.165) is 17.1 Å². The molecule has 0 saturated heterocycles. The molecule has 0 spiro atoms. The maximum Gasteiger partial charge on any atom is 0.270 e. The Morgan fingerprint density at radius 3 is 2.69 bits per heavy atom. The van der Waals surface area contributed by atoms with Crippen LogP contribution in [0.1, 0.15) is 30.6 Å². The van der Waals surface area contributed by atoms with Gasteiger partial charge in [-0.05, 0) is 25.2 Å². The van der Waals surface area contributed by atoms with Crippen LogP contribution in [0.2, 0.25) is 0 Å². The second-order valence-electron chi connectivity index (χ2n) is 3.34. The van der Waals surface area contributed by atoms with E-state index in [2.05, 4.69) is 0 Å². The third kappa shape index (κ3) is 3.06. The van der Waals surface area contributed by atoms with Crippen LogP contribution in [0.4, 0.5) is 5.69 Å². The van der Waals surface area contributed by atoms with Gasteiger partial charge in [0, 0.05) is 22.6 Å². The van der Waals surface area contributed by atoms with E-state index in [1.165, 1.54) is 19.1 Å². The van der Waals surface area contributed by atoms with Crippen LogP contribution in [-0.4, -0.2) is 16.5 Å². The van der Waals surface area contributed by atoms with Crippen LogP contribution in [0, 0.1) is 10.1 Å². The number of benzene rings is 1. The van der Waals surface area contributed by atoms with Gasteiger partial charge >= 0.3 is 0 Å². The summed E-state index contributed by atoms with van der Waals surface area (Å²) < 4.78 is 0. The number of non-ortho nitro benzene ring substituents is 1. The fourth-order valence-corrected chi connectivity index (χ4v) is 2.19. The van der Waals surface area contributed by atoms with Crippen LogP contribution in [0.15, 0.2) is 23.1 Å². The number of rotatable bonds is 5. The molecule has 0 N–H and O–H groups in total. The van der Waals surface area contributed by atoms with Crippen molar-refractivity contribution < 1.29 is 9.72 Å². The van der Waals surface area contributed by atoms with Gasteiger partial charge in [-0.25, -0.2) is 0 Å². The van der Waals surface area contributed by atoms with E-state index in [-0.39, 0.29) is 11.5 Å². The van der Waals surface area contributed by atoms with E-state index >= 15 is 0 Å². The first-order valence-corrected chi connectivity index (χ1v) is 5.97. The molecule has 4 nitrogen and oxygen atoms in total. The molecule has 0 unspecified atom stereocenters. The molecule has 1 aromatic carbocycles. The zero-order valence-corrected chi connectivity index (χ0v) is 10.0. The van der Waals surface area contributed by atoms with E-state index in [0.29, 0.717) is 5.56 Å². The monoisotopic (exact) mass is 239 g/mol. The molecule has 0 heterocycles. The summed E-state index contributed by atoms with van der Waals surface area (Å²) in [5.74, 6) is 0.764. The quantitative estimate of drug-likeness (QED) is 0.342. The van der Waals surface area contributed by atoms with Crippen LogP contribution in [0.3, 0.4) is 0 Å². The van der Waals surface area contributed by atoms with Crippen molar-refractivity contribution >= 4 is 23.2 Å². The fourth-order valence-electron chi connectivity index (χ4n) is 1.24. The van der Waals surface area contributed by atoms with Gasteiger partial charge in [-0.15, -0.1) is 11.8 Å². The summed E-state index contributed by atoms with van der Waals surface area (Å²) in [4.78, 5) is 22.3. The molecule has 1 rings (SSSR count). The number of thioether (sulfide) groups is 1. The van der Waals surface area contributed by atoms with E-state index in [1.807, 2.05) is 6.92 Å². The highest BCUT2D eigenvalue weighted by atomic mass is 32.2. The Morgan fingerprint density at radius 1 is 1.50 bits per heavy atom. The molecule has 86 valence electrons. The molecule has 0 bridgehead atoms. The summed E-state index contributed by atoms with van der Waals surface area (Å²) in [6, 6.07) is 4.43. The zero-order valence-electron chi connectivity index (χ0n) is 9.23. The first-order valence-electron chi connectivity index (χ1n) is 4.98. The minimum atomic E-state index is -0.485. The number of nitrogens with zero attached hydrogens (tertiary/aromatic N) is 1. The van der Waals surface area contributed by atoms with Crippen LogP contribution in [0.25, 0.3) is 0 Å². The Morgan fingerprint density at radius 2 is 2.19 bits per heavy atom. The summed E-state index contributed by atoms with van der Waals surface area (Å²) in [5, 5.41) is 10.6. The lowest BCUT2D eigenvalue weighted by Crippen LogP contribution is -1.98. The SMILES string of the molecule is CCCSc1ccc([N+](=O)[O-])cc1C(C)=O. The van der Waals surface area contributed by atoms with Gasteiger partial charge in [0.15, 0.2) is 5.78 Å². The molecule has 0 fully saturated rings. The van der Waals surface area contributed by atoms with Gasteiger partial charge in [0.1, 0.15) is 0 Å². The molecule has 0 saturated carbocycles. The summed E-state index contributed by atoms with van der Waals surface area (Å²) >= 11 is 1.55. The molecule has 0 aliphatic heterocycles. The van der Waals surface area contributed by atoms with Crippen molar-refractivity contribution in [2.75, 3.05) is 5.75 Å². The van der Waals surface area contributed by atoms with Crippen LogP contribution >= 0.6 is 11.8 Å². The number of hydrogen-bond donors (Lipinski definition) is 0. The standard InChI is InChI=1S/C11H13NO3S/c1-3-6-16-11-5-4-9(12(14)15)7-10(11)8(2)13/h4-5,7H,3,6H2,1-2H3. The second-order valence-corrected chi connectivity index (χ2v) is 4.48. The van der Waals surface area contributed by atoms with Gasteiger partial charge in [-0.1, -0.05) is 6.92 Å². The third-order valence-corrected chi connectivity index (χ3v) is 3.29. The van der Waals surface area contributed by atoms with Gasteiger partial charge in [-0.2, -0.15) is 0 Å². The molecule has 0 aliphatic carbocycles. The normalized spacial score (nSPS) is 10.1.